The Morgan fingerprint density at radius 3 is 2.57 bits per heavy atom. The highest BCUT2D eigenvalue weighted by atomic mass is 16.6. The Balaban J connectivity index is 2.25. The molecule has 0 fully saturated rings. The maximum Gasteiger partial charge on any atom is 0.333 e. The van der Waals surface area contributed by atoms with Crippen molar-refractivity contribution in [1.82, 2.24) is 0 Å². The van der Waals surface area contributed by atoms with Crippen LogP contribution in [-0.4, -0.2) is 32.4 Å². The van der Waals surface area contributed by atoms with Crippen LogP contribution in [0.2, 0.25) is 0 Å². The summed E-state index contributed by atoms with van der Waals surface area (Å²) in [6.07, 6.45) is 3.59. The number of hydrogen-bond donors (Lipinski definition) is 0. The Morgan fingerprint density at radius 1 is 1.33 bits per heavy atom. The molecule has 4 heteroatoms. The summed E-state index contributed by atoms with van der Waals surface area (Å²) in [5, 5.41) is 0. The number of methoxy groups -OCH3 is 1. The van der Waals surface area contributed by atoms with Gasteiger partial charge in [-0.05, 0) is 31.5 Å². The summed E-state index contributed by atoms with van der Waals surface area (Å²) in [6.45, 7) is 7.75. The molecule has 1 unspecified atom stereocenters. The molecule has 0 amide bonds. The first-order valence-electron chi connectivity index (χ1n) is 6.77. The summed E-state index contributed by atoms with van der Waals surface area (Å²) < 4.78 is 15.6. The van der Waals surface area contributed by atoms with E-state index in [0.29, 0.717) is 18.8 Å². The van der Waals surface area contributed by atoms with Crippen LogP contribution >= 0.6 is 0 Å². The highest BCUT2D eigenvalue weighted by molar-refractivity contribution is 5.87. The van der Waals surface area contributed by atoms with E-state index in [9.17, 15) is 4.79 Å². The molecule has 0 spiro atoms. The van der Waals surface area contributed by atoms with Crippen molar-refractivity contribution in [3.8, 4) is 5.75 Å². The van der Waals surface area contributed by atoms with Gasteiger partial charge in [-0.3, -0.25) is 0 Å². The van der Waals surface area contributed by atoms with Crippen LogP contribution in [0, 0.1) is 0 Å². The van der Waals surface area contributed by atoms with Crippen molar-refractivity contribution < 1.29 is 19.0 Å². The lowest BCUT2D eigenvalue weighted by Crippen LogP contribution is -2.20. The number of esters is 1. The van der Waals surface area contributed by atoms with Crippen LogP contribution < -0.4 is 4.74 Å². The van der Waals surface area contributed by atoms with Crippen molar-refractivity contribution in [2.45, 2.75) is 20.0 Å². The van der Waals surface area contributed by atoms with Gasteiger partial charge in [0, 0.05) is 5.57 Å². The molecule has 0 aromatic heterocycles. The smallest absolute Gasteiger partial charge is 0.333 e. The molecule has 1 aromatic rings. The molecule has 0 N–H and O–H groups in total. The van der Waals surface area contributed by atoms with E-state index in [-0.39, 0.29) is 12.1 Å². The Bertz CT molecular complexity index is 488. The predicted molar refractivity (Wildman–Crippen MR) is 83.2 cm³/mol. The number of carbonyl (C=O) groups is 1. The van der Waals surface area contributed by atoms with E-state index in [0.717, 1.165) is 11.3 Å². The molecule has 0 aliphatic carbocycles. The Kier molecular flexibility index (Phi) is 7.26. The second-order valence-electron chi connectivity index (χ2n) is 4.71. The van der Waals surface area contributed by atoms with Gasteiger partial charge in [0.2, 0.25) is 0 Å². The lowest BCUT2D eigenvalue weighted by molar-refractivity contribution is -0.145. The number of benzene rings is 1. The Labute approximate surface area is 126 Å². The summed E-state index contributed by atoms with van der Waals surface area (Å²) in [6, 6.07) is 7.73. The van der Waals surface area contributed by atoms with Crippen molar-refractivity contribution in [3.05, 3.63) is 48.1 Å². The zero-order valence-corrected chi connectivity index (χ0v) is 12.8. The molecule has 21 heavy (non-hydrogen) atoms. The molecule has 0 saturated heterocycles. The van der Waals surface area contributed by atoms with Crippen LogP contribution in [0.25, 0.3) is 6.08 Å². The third-order valence-corrected chi connectivity index (χ3v) is 2.65. The fourth-order valence-corrected chi connectivity index (χ4v) is 1.52. The Hall–Kier alpha value is -2.07. The SMILES string of the molecule is C=C(C)C(=O)OC(C)COC/C=C/c1ccc(OC)cc1. The minimum atomic E-state index is -0.389. The van der Waals surface area contributed by atoms with Crippen LogP contribution in [-0.2, 0) is 14.3 Å². The van der Waals surface area contributed by atoms with Crippen molar-refractivity contribution in [2.75, 3.05) is 20.3 Å². The fourth-order valence-electron chi connectivity index (χ4n) is 1.52. The number of hydrogen-bond acceptors (Lipinski definition) is 4. The second kappa shape index (κ2) is 8.97. The topological polar surface area (TPSA) is 44.8 Å². The van der Waals surface area contributed by atoms with E-state index < -0.39 is 0 Å². The van der Waals surface area contributed by atoms with Gasteiger partial charge in [-0.2, -0.15) is 0 Å². The van der Waals surface area contributed by atoms with Crippen LogP contribution in [0.4, 0.5) is 0 Å². The summed E-state index contributed by atoms with van der Waals surface area (Å²) in [5.41, 5.74) is 1.46. The predicted octanol–water partition coefficient (Wildman–Crippen LogP) is 3.23. The largest absolute Gasteiger partial charge is 0.497 e. The normalized spacial score (nSPS) is 12.1. The van der Waals surface area contributed by atoms with E-state index in [4.69, 9.17) is 14.2 Å². The van der Waals surface area contributed by atoms with Gasteiger partial charge in [-0.25, -0.2) is 4.79 Å². The van der Waals surface area contributed by atoms with E-state index in [1.165, 1.54) is 0 Å². The van der Waals surface area contributed by atoms with Gasteiger partial charge in [0.1, 0.15) is 11.9 Å². The number of carbonyl (C=O) groups excluding carboxylic acids is 1. The van der Waals surface area contributed by atoms with Gasteiger partial charge in [-0.1, -0.05) is 30.9 Å². The Morgan fingerprint density at radius 2 is 2.00 bits per heavy atom. The van der Waals surface area contributed by atoms with Crippen molar-refractivity contribution in [3.63, 3.8) is 0 Å². The van der Waals surface area contributed by atoms with Crippen LogP contribution in [0.15, 0.2) is 42.5 Å². The lowest BCUT2D eigenvalue weighted by Gasteiger charge is -2.12. The zero-order chi connectivity index (χ0) is 15.7. The average Bonchev–Trinajstić information content (AvgIpc) is 2.47. The molecule has 0 bridgehead atoms. The maximum atomic E-state index is 11.3. The van der Waals surface area contributed by atoms with E-state index >= 15 is 0 Å². The van der Waals surface area contributed by atoms with Gasteiger partial charge in [0.05, 0.1) is 20.3 Å². The minimum absolute atomic E-state index is 0.288. The van der Waals surface area contributed by atoms with Crippen molar-refractivity contribution in [2.24, 2.45) is 0 Å². The standard InChI is InChI=1S/C17H22O4/c1-13(2)17(18)21-14(3)12-20-11-5-6-15-7-9-16(19-4)10-8-15/h5-10,14H,1,11-12H2,2-4H3/b6-5+. The third-order valence-electron chi connectivity index (χ3n) is 2.65. The third kappa shape index (κ3) is 6.77. The molecule has 0 saturated carbocycles. The highest BCUT2D eigenvalue weighted by Crippen LogP contribution is 2.12. The molecule has 0 aliphatic rings. The van der Waals surface area contributed by atoms with Crippen molar-refractivity contribution in [1.29, 1.82) is 0 Å². The molecule has 4 nitrogen and oxygen atoms in total. The van der Waals surface area contributed by atoms with E-state index in [2.05, 4.69) is 6.58 Å². The molecule has 1 rings (SSSR count). The van der Waals surface area contributed by atoms with Gasteiger partial charge in [0.25, 0.3) is 0 Å². The molecule has 114 valence electrons. The average molecular weight is 290 g/mol. The monoisotopic (exact) mass is 290 g/mol. The molecule has 1 atom stereocenters. The summed E-state index contributed by atoms with van der Waals surface area (Å²) in [7, 11) is 1.64. The summed E-state index contributed by atoms with van der Waals surface area (Å²) in [4.78, 5) is 11.3. The minimum Gasteiger partial charge on any atom is -0.497 e. The van der Waals surface area contributed by atoms with Crippen LogP contribution in [0.3, 0.4) is 0 Å². The molecular weight excluding hydrogens is 268 g/mol. The first-order valence-corrected chi connectivity index (χ1v) is 6.77. The number of ether oxygens (including phenoxy) is 3. The fraction of sp³-hybridized carbons (Fsp3) is 0.353. The first-order chi connectivity index (χ1) is 10.0. The van der Waals surface area contributed by atoms with Gasteiger partial charge in [0.15, 0.2) is 0 Å². The number of rotatable bonds is 8. The van der Waals surface area contributed by atoms with Crippen molar-refractivity contribution >= 4 is 12.0 Å². The zero-order valence-electron chi connectivity index (χ0n) is 12.8. The summed E-state index contributed by atoms with van der Waals surface area (Å²) in [5.74, 6) is 0.441. The molecular formula is C17H22O4. The second-order valence-corrected chi connectivity index (χ2v) is 4.71. The first kappa shape index (κ1) is 17.0. The van der Waals surface area contributed by atoms with E-state index in [1.807, 2.05) is 36.4 Å². The lowest BCUT2D eigenvalue weighted by atomic mass is 10.2. The molecule has 0 heterocycles. The maximum absolute atomic E-state index is 11.3. The highest BCUT2D eigenvalue weighted by Gasteiger charge is 2.09. The van der Waals surface area contributed by atoms with Gasteiger partial charge < -0.3 is 14.2 Å². The van der Waals surface area contributed by atoms with Crippen LogP contribution in [0.5, 0.6) is 5.75 Å². The quantitative estimate of drug-likeness (QED) is 0.419. The van der Waals surface area contributed by atoms with Gasteiger partial charge in [-0.15, -0.1) is 0 Å². The van der Waals surface area contributed by atoms with E-state index in [1.54, 1.807) is 21.0 Å². The van der Waals surface area contributed by atoms with Crippen LogP contribution in [0.1, 0.15) is 19.4 Å². The van der Waals surface area contributed by atoms with Gasteiger partial charge >= 0.3 is 5.97 Å². The molecule has 0 aliphatic heterocycles. The summed E-state index contributed by atoms with van der Waals surface area (Å²) >= 11 is 0. The molecule has 0 radical (unpaired) electrons. The molecule has 1 aromatic carbocycles.